The molecule has 0 aliphatic rings. The van der Waals surface area contributed by atoms with Crippen LogP contribution in [-0.4, -0.2) is 22.7 Å². The van der Waals surface area contributed by atoms with Crippen LogP contribution in [0.2, 0.25) is 0 Å². The number of aryl methyl sites for hydroxylation is 1. The van der Waals surface area contributed by atoms with E-state index in [0.717, 1.165) is 10.0 Å². The van der Waals surface area contributed by atoms with Crippen molar-refractivity contribution < 1.29 is 18.8 Å². The molecule has 122 valence electrons. The maximum Gasteiger partial charge on any atom is 0.349 e. The molecule has 0 aliphatic heterocycles. The highest BCUT2D eigenvalue weighted by molar-refractivity contribution is 9.10. The van der Waals surface area contributed by atoms with Crippen molar-refractivity contribution in [2.45, 2.75) is 6.92 Å². The maximum atomic E-state index is 11.8. The molecule has 0 fully saturated rings. The zero-order valence-corrected chi connectivity index (χ0v) is 14.3. The topological polar surface area (TPSA) is 74.5 Å². The van der Waals surface area contributed by atoms with Crippen LogP contribution in [0.3, 0.4) is 0 Å². The molecule has 0 saturated heterocycles. The zero-order valence-electron chi connectivity index (χ0n) is 12.7. The quantitative estimate of drug-likeness (QED) is 0.488. The highest BCUT2D eigenvalue weighted by atomic mass is 79.9. The van der Waals surface area contributed by atoms with Crippen molar-refractivity contribution >= 4 is 21.9 Å². The fraction of sp³-hybridized carbons (Fsp3) is 0.118. The lowest BCUT2D eigenvalue weighted by atomic mass is 10.2. The molecule has 0 unspecified atom stereocenters. The lowest BCUT2D eigenvalue weighted by Gasteiger charge is -2.07. The summed E-state index contributed by atoms with van der Waals surface area (Å²) >= 11 is 3.33. The van der Waals surface area contributed by atoms with Crippen molar-refractivity contribution in [2.75, 3.05) is 6.61 Å². The number of hydrogen-bond donors (Lipinski definition) is 0. The molecule has 0 N–H and O–H groups in total. The molecule has 7 heteroatoms. The Kier molecular flexibility index (Phi) is 4.90. The molecule has 0 bridgehead atoms. The number of benzene rings is 2. The number of nitrogens with zero attached hydrogens (tertiary/aromatic N) is 2. The second kappa shape index (κ2) is 7.27. The first-order valence-electron chi connectivity index (χ1n) is 7.10. The molecule has 0 radical (unpaired) electrons. The average Bonchev–Trinajstić information content (AvgIpc) is 3.01. The predicted octanol–water partition coefficient (Wildman–Crippen LogP) is 3.79. The number of carbonyl (C=O) groups excluding carboxylic acids is 1. The molecule has 3 rings (SSSR count). The van der Waals surface area contributed by atoms with Crippen LogP contribution in [0, 0.1) is 6.92 Å². The standard InChI is InChI=1S/C17H13BrN2O4/c1-11-19-17(20-24-11)12-2-6-15(7-3-12)23-16(21)10-22-14-8-4-13(18)5-9-14/h2-9H,10H2,1H3. The first-order chi connectivity index (χ1) is 11.6. The Morgan fingerprint density at radius 1 is 1.08 bits per heavy atom. The van der Waals surface area contributed by atoms with Crippen LogP contribution >= 0.6 is 15.9 Å². The predicted molar refractivity (Wildman–Crippen MR) is 89.7 cm³/mol. The highest BCUT2D eigenvalue weighted by Crippen LogP contribution is 2.20. The van der Waals surface area contributed by atoms with Gasteiger partial charge in [0, 0.05) is 17.0 Å². The van der Waals surface area contributed by atoms with Crippen LogP contribution in [-0.2, 0) is 4.79 Å². The summed E-state index contributed by atoms with van der Waals surface area (Å²) in [5.74, 6) is 1.51. The number of carbonyl (C=O) groups is 1. The van der Waals surface area contributed by atoms with Gasteiger partial charge in [0.2, 0.25) is 11.7 Å². The molecule has 3 aromatic rings. The van der Waals surface area contributed by atoms with Gasteiger partial charge in [-0.3, -0.25) is 0 Å². The largest absolute Gasteiger partial charge is 0.482 e. The Morgan fingerprint density at radius 3 is 2.38 bits per heavy atom. The van der Waals surface area contributed by atoms with Gasteiger partial charge in [0.05, 0.1) is 0 Å². The van der Waals surface area contributed by atoms with E-state index in [9.17, 15) is 4.79 Å². The molecule has 0 amide bonds. The summed E-state index contributed by atoms with van der Waals surface area (Å²) in [6.07, 6.45) is 0. The van der Waals surface area contributed by atoms with E-state index in [1.54, 1.807) is 43.3 Å². The molecule has 0 aliphatic carbocycles. The van der Waals surface area contributed by atoms with Crippen LogP contribution in [0.5, 0.6) is 11.5 Å². The molecule has 1 heterocycles. The summed E-state index contributed by atoms with van der Waals surface area (Å²) in [6.45, 7) is 1.55. The van der Waals surface area contributed by atoms with E-state index < -0.39 is 5.97 Å². The van der Waals surface area contributed by atoms with Crippen LogP contribution in [0.25, 0.3) is 11.4 Å². The Morgan fingerprint density at radius 2 is 1.75 bits per heavy atom. The van der Waals surface area contributed by atoms with E-state index in [-0.39, 0.29) is 6.61 Å². The van der Waals surface area contributed by atoms with Gasteiger partial charge in [-0.15, -0.1) is 0 Å². The first-order valence-corrected chi connectivity index (χ1v) is 7.89. The van der Waals surface area contributed by atoms with Crippen molar-refractivity contribution in [1.82, 2.24) is 10.1 Å². The molecule has 24 heavy (non-hydrogen) atoms. The number of halogens is 1. The lowest BCUT2D eigenvalue weighted by molar-refractivity contribution is -0.136. The van der Waals surface area contributed by atoms with Gasteiger partial charge in [0.15, 0.2) is 6.61 Å². The first kappa shape index (κ1) is 16.2. The van der Waals surface area contributed by atoms with Gasteiger partial charge in [0.1, 0.15) is 11.5 Å². The summed E-state index contributed by atoms with van der Waals surface area (Å²) in [5.41, 5.74) is 0.776. The molecular formula is C17H13BrN2O4. The molecule has 2 aromatic carbocycles. The minimum atomic E-state index is -0.485. The third-order valence-electron chi connectivity index (χ3n) is 3.04. The zero-order chi connectivity index (χ0) is 16.9. The third kappa shape index (κ3) is 4.20. The van der Waals surface area contributed by atoms with Crippen molar-refractivity contribution in [3.05, 3.63) is 58.9 Å². The summed E-state index contributed by atoms with van der Waals surface area (Å²) < 4.78 is 16.4. The van der Waals surface area contributed by atoms with Gasteiger partial charge in [-0.05, 0) is 48.5 Å². The number of esters is 1. The fourth-order valence-corrected chi connectivity index (χ4v) is 2.19. The Balaban J connectivity index is 1.55. The van der Waals surface area contributed by atoms with Gasteiger partial charge in [-0.2, -0.15) is 4.98 Å². The molecule has 6 nitrogen and oxygen atoms in total. The van der Waals surface area contributed by atoms with Crippen molar-refractivity contribution in [3.63, 3.8) is 0 Å². The molecule has 0 atom stereocenters. The Bertz CT molecular complexity index is 829. The van der Waals surface area contributed by atoms with E-state index in [0.29, 0.717) is 23.2 Å². The van der Waals surface area contributed by atoms with E-state index >= 15 is 0 Å². The maximum absolute atomic E-state index is 11.8. The van der Waals surface area contributed by atoms with Crippen molar-refractivity contribution in [3.8, 4) is 22.9 Å². The van der Waals surface area contributed by atoms with Crippen LogP contribution in [0.1, 0.15) is 5.89 Å². The third-order valence-corrected chi connectivity index (χ3v) is 3.57. The summed E-state index contributed by atoms with van der Waals surface area (Å²) in [5, 5.41) is 3.83. The summed E-state index contributed by atoms with van der Waals surface area (Å²) in [4.78, 5) is 15.9. The molecule has 0 spiro atoms. The van der Waals surface area contributed by atoms with Crippen LogP contribution < -0.4 is 9.47 Å². The average molecular weight is 389 g/mol. The SMILES string of the molecule is Cc1nc(-c2ccc(OC(=O)COc3ccc(Br)cc3)cc2)no1. The fourth-order valence-electron chi connectivity index (χ4n) is 1.92. The number of aromatic nitrogens is 2. The number of ether oxygens (including phenoxy) is 2. The van der Waals surface area contributed by atoms with Gasteiger partial charge in [-0.25, -0.2) is 4.79 Å². The van der Waals surface area contributed by atoms with Crippen molar-refractivity contribution in [2.24, 2.45) is 0 Å². The molecule has 1 aromatic heterocycles. The minimum Gasteiger partial charge on any atom is -0.482 e. The monoisotopic (exact) mass is 388 g/mol. The van der Waals surface area contributed by atoms with E-state index in [1.807, 2.05) is 12.1 Å². The second-order valence-electron chi connectivity index (χ2n) is 4.88. The van der Waals surface area contributed by atoms with Gasteiger partial charge >= 0.3 is 5.97 Å². The number of hydrogen-bond acceptors (Lipinski definition) is 6. The highest BCUT2D eigenvalue weighted by Gasteiger charge is 2.09. The summed E-state index contributed by atoms with van der Waals surface area (Å²) in [6, 6.07) is 14.0. The van der Waals surface area contributed by atoms with Crippen molar-refractivity contribution in [1.29, 1.82) is 0 Å². The van der Waals surface area contributed by atoms with Crippen LogP contribution in [0.15, 0.2) is 57.5 Å². The smallest absolute Gasteiger partial charge is 0.349 e. The Labute approximate surface area is 146 Å². The minimum absolute atomic E-state index is 0.173. The molecular weight excluding hydrogens is 376 g/mol. The Hall–Kier alpha value is -2.67. The molecule has 0 saturated carbocycles. The van der Waals surface area contributed by atoms with Crippen LogP contribution in [0.4, 0.5) is 0 Å². The van der Waals surface area contributed by atoms with E-state index in [1.165, 1.54) is 0 Å². The second-order valence-corrected chi connectivity index (χ2v) is 5.79. The van der Waals surface area contributed by atoms with E-state index in [4.69, 9.17) is 14.0 Å². The summed E-state index contributed by atoms with van der Waals surface area (Å²) in [7, 11) is 0. The van der Waals surface area contributed by atoms with Gasteiger partial charge < -0.3 is 14.0 Å². The number of rotatable bonds is 5. The van der Waals surface area contributed by atoms with Gasteiger partial charge in [0.25, 0.3) is 0 Å². The van der Waals surface area contributed by atoms with E-state index in [2.05, 4.69) is 26.1 Å². The van der Waals surface area contributed by atoms with Gasteiger partial charge in [-0.1, -0.05) is 21.1 Å². The lowest BCUT2D eigenvalue weighted by Crippen LogP contribution is -2.17. The normalized spacial score (nSPS) is 10.4.